The summed E-state index contributed by atoms with van der Waals surface area (Å²) in [4.78, 5) is 12.0. The van der Waals surface area contributed by atoms with E-state index in [0.29, 0.717) is 11.5 Å². The Morgan fingerprint density at radius 2 is 1.94 bits per heavy atom. The number of hydrogen-bond donors (Lipinski definition) is 3. The standard InChI is InChI=1S/C11H14N4O3/c16-4-1-9(17)10(18)8-5-13-11(14-6-8)15-3-2-12-7-15/h2-3,5-7,9-10,16-18H,1,4H2. The molecule has 7 nitrogen and oxygen atoms in total. The fourth-order valence-electron chi connectivity index (χ4n) is 1.51. The van der Waals surface area contributed by atoms with Crippen molar-refractivity contribution in [2.24, 2.45) is 0 Å². The molecule has 0 fully saturated rings. The number of rotatable bonds is 5. The van der Waals surface area contributed by atoms with Crippen LogP contribution in [0.15, 0.2) is 31.1 Å². The van der Waals surface area contributed by atoms with Crippen LogP contribution in [0.5, 0.6) is 0 Å². The summed E-state index contributed by atoms with van der Waals surface area (Å²) >= 11 is 0. The first-order valence-electron chi connectivity index (χ1n) is 5.49. The first-order chi connectivity index (χ1) is 8.72. The lowest BCUT2D eigenvalue weighted by Crippen LogP contribution is -2.20. The summed E-state index contributed by atoms with van der Waals surface area (Å²) in [5.41, 5.74) is 0.403. The molecule has 0 aliphatic rings. The minimum Gasteiger partial charge on any atom is -0.396 e. The van der Waals surface area contributed by atoms with Crippen LogP contribution in [0.25, 0.3) is 5.95 Å². The molecule has 0 amide bonds. The van der Waals surface area contributed by atoms with E-state index in [1.54, 1.807) is 23.3 Å². The number of aliphatic hydroxyl groups is 3. The molecule has 96 valence electrons. The van der Waals surface area contributed by atoms with E-state index in [1.807, 2.05) is 0 Å². The van der Waals surface area contributed by atoms with Gasteiger partial charge in [0.15, 0.2) is 0 Å². The average molecular weight is 250 g/mol. The second-order valence-electron chi connectivity index (χ2n) is 3.81. The third-order valence-electron chi connectivity index (χ3n) is 2.52. The Labute approximate surface area is 103 Å². The zero-order valence-electron chi connectivity index (χ0n) is 9.59. The molecule has 2 heterocycles. The lowest BCUT2D eigenvalue weighted by atomic mass is 10.1. The second kappa shape index (κ2) is 5.67. The van der Waals surface area contributed by atoms with Gasteiger partial charge in [0.2, 0.25) is 5.95 Å². The maximum absolute atomic E-state index is 9.78. The summed E-state index contributed by atoms with van der Waals surface area (Å²) in [5, 5.41) is 28.0. The van der Waals surface area contributed by atoms with Crippen LogP contribution in [0.1, 0.15) is 18.1 Å². The number of nitrogens with zero attached hydrogens (tertiary/aromatic N) is 4. The largest absolute Gasteiger partial charge is 0.396 e. The molecule has 2 aromatic rings. The number of hydrogen-bond acceptors (Lipinski definition) is 6. The van der Waals surface area contributed by atoms with Gasteiger partial charge in [0, 0.05) is 37.0 Å². The summed E-state index contributed by atoms with van der Waals surface area (Å²) in [5.74, 6) is 0.431. The van der Waals surface area contributed by atoms with Crippen LogP contribution in [0.3, 0.4) is 0 Å². The minimum atomic E-state index is -1.10. The van der Waals surface area contributed by atoms with Gasteiger partial charge in [-0.25, -0.2) is 15.0 Å². The van der Waals surface area contributed by atoms with Gasteiger partial charge >= 0.3 is 0 Å². The lowest BCUT2D eigenvalue weighted by molar-refractivity contribution is 0.00384. The SMILES string of the molecule is OCCC(O)C(O)c1cnc(-n2ccnc2)nc1. The number of aromatic nitrogens is 4. The van der Waals surface area contributed by atoms with Crippen LogP contribution < -0.4 is 0 Å². The molecule has 0 radical (unpaired) electrons. The van der Waals surface area contributed by atoms with Gasteiger partial charge in [-0.05, 0) is 6.42 Å². The van der Waals surface area contributed by atoms with Crippen molar-refractivity contribution >= 4 is 0 Å². The van der Waals surface area contributed by atoms with Gasteiger partial charge in [-0.15, -0.1) is 0 Å². The smallest absolute Gasteiger partial charge is 0.234 e. The Kier molecular flexibility index (Phi) is 3.98. The van der Waals surface area contributed by atoms with Gasteiger partial charge in [0.1, 0.15) is 12.4 Å². The van der Waals surface area contributed by atoms with Gasteiger partial charge in [0.25, 0.3) is 0 Å². The Morgan fingerprint density at radius 1 is 1.22 bits per heavy atom. The molecule has 0 bridgehead atoms. The van der Waals surface area contributed by atoms with Crippen molar-refractivity contribution < 1.29 is 15.3 Å². The highest BCUT2D eigenvalue weighted by Crippen LogP contribution is 2.17. The highest BCUT2D eigenvalue weighted by atomic mass is 16.3. The normalized spacial score (nSPS) is 14.4. The molecule has 18 heavy (non-hydrogen) atoms. The summed E-state index contributed by atoms with van der Waals surface area (Å²) in [6.07, 6.45) is 5.72. The van der Waals surface area contributed by atoms with Gasteiger partial charge in [0.05, 0.1) is 6.10 Å². The molecule has 0 saturated heterocycles. The molecule has 0 aliphatic heterocycles. The molecule has 0 saturated carbocycles. The third-order valence-corrected chi connectivity index (χ3v) is 2.52. The summed E-state index contributed by atoms with van der Waals surface area (Å²) in [6, 6.07) is 0. The number of imidazole rings is 1. The molecule has 7 heteroatoms. The molecule has 3 N–H and O–H groups in total. The highest BCUT2D eigenvalue weighted by Gasteiger charge is 2.18. The van der Waals surface area contributed by atoms with Crippen molar-refractivity contribution in [2.45, 2.75) is 18.6 Å². The molecule has 2 aromatic heterocycles. The Balaban J connectivity index is 2.12. The zero-order valence-corrected chi connectivity index (χ0v) is 9.59. The second-order valence-corrected chi connectivity index (χ2v) is 3.81. The summed E-state index contributed by atoms with van der Waals surface area (Å²) < 4.78 is 1.63. The minimum absolute atomic E-state index is 0.102. The quantitative estimate of drug-likeness (QED) is 0.657. The van der Waals surface area contributed by atoms with Crippen LogP contribution in [-0.4, -0.2) is 47.5 Å². The fourth-order valence-corrected chi connectivity index (χ4v) is 1.51. The van der Waals surface area contributed by atoms with Crippen LogP contribution in [0.4, 0.5) is 0 Å². The molecule has 0 spiro atoms. The number of aliphatic hydroxyl groups excluding tert-OH is 3. The first-order valence-corrected chi connectivity index (χ1v) is 5.49. The van der Waals surface area contributed by atoms with Crippen molar-refractivity contribution in [1.29, 1.82) is 0 Å². The van der Waals surface area contributed by atoms with Crippen molar-refractivity contribution in [3.63, 3.8) is 0 Å². The molecular formula is C11H14N4O3. The van der Waals surface area contributed by atoms with Crippen molar-refractivity contribution in [1.82, 2.24) is 19.5 Å². The topological polar surface area (TPSA) is 104 Å². The molecular weight excluding hydrogens is 236 g/mol. The van der Waals surface area contributed by atoms with E-state index in [4.69, 9.17) is 5.11 Å². The molecule has 2 unspecified atom stereocenters. The molecule has 0 aliphatic carbocycles. The van der Waals surface area contributed by atoms with Crippen molar-refractivity contribution in [3.05, 3.63) is 36.7 Å². The summed E-state index contributed by atoms with van der Waals surface area (Å²) in [6.45, 7) is -0.188. The van der Waals surface area contributed by atoms with E-state index in [1.165, 1.54) is 12.4 Å². The van der Waals surface area contributed by atoms with E-state index < -0.39 is 12.2 Å². The van der Waals surface area contributed by atoms with E-state index in [9.17, 15) is 10.2 Å². The van der Waals surface area contributed by atoms with Gasteiger partial charge < -0.3 is 15.3 Å². The van der Waals surface area contributed by atoms with Gasteiger partial charge in [-0.3, -0.25) is 4.57 Å². The Morgan fingerprint density at radius 3 is 2.50 bits per heavy atom. The average Bonchev–Trinajstić information content (AvgIpc) is 2.92. The molecule has 0 aromatic carbocycles. The Bertz CT molecular complexity index is 472. The van der Waals surface area contributed by atoms with Crippen LogP contribution in [-0.2, 0) is 0 Å². The zero-order chi connectivity index (χ0) is 13.0. The van der Waals surface area contributed by atoms with Crippen molar-refractivity contribution in [2.75, 3.05) is 6.61 Å². The van der Waals surface area contributed by atoms with E-state index in [0.717, 1.165) is 0 Å². The predicted molar refractivity (Wildman–Crippen MR) is 61.8 cm³/mol. The van der Waals surface area contributed by atoms with Crippen LogP contribution in [0, 0.1) is 0 Å². The maximum Gasteiger partial charge on any atom is 0.234 e. The third kappa shape index (κ3) is 2.70. The van der Waals surface area contributed by atoms with Gasteiger partial charge in [-0.2, -0.15) is 0 Å². The van der Waals surface area contributed by atoms with E-state index in [-0.39, 0.29) is 13.0 Å². The van der Waals surface area contributed by atoms with Crippen LogP contribution >= 0.6 is 0 Å². The van der Waals surface area contributed by atoms with E-state index >= 15 is 0 Å². The monoisotopic (exact) mass is 250 g/mol. The van der Waals surface area contributed by atoms with Gasteiger partial charge in [-0.1, -0.05) is 0 Å². The molecule has 2 rings (SSSR count). The summed E-state index contributed by atoms with van der Waals surface area (Å²) in [7, 11) is 0. The molecule has 2 atom stereocenters. The highest BCUT2D eigenvalue weighted by molar-refractivity contribution is 5.16. The van der Waals surface area contributed by atoms with Crippen LogP contribution in [0.2, 0.25) is 0 Å². The lowest BCUT2D eigenvalue weighted by Gasteiger charge is -2.16. The Hall–Kier alpha value is -1.83. The predicted octanol–water partition coefficient (Wildman–Crippen LogP) is -0.561. The van der Waals surface area contributed by atoms with Crippen molar-refractivity contribution in [3.8, 4) is 5.95 Å². The van der Waals surface area contributed by atoms with E-state index in [2.05, 4.69) is 15.0 Å². The fraction of sp³-hybridized carbons (Fsp3) is 0.364. The first kappa shape index (κ1) is 12.6. The maximum atomic E-state index is 9.78.